The maximum Gasteiger partial charge on any atom is 0.237 e. The lowest BCUT2D eigenvalue weighted by atomic mass is 9.98. The van der Waals surface area contributed by atoms with E-state index < -0.39 is 0 Å². The molecule has 1 fully saturated rings. The number of fused-ring (bicyclic) bond motifs is 1. The van der Waals surface area contributed by atoms with Gasteiger partial charge in [-0.2, -0.15) is 0 Å². The molecule has 0 unspecified atom stereocenters. The van der Waals surface area contributed by atoms with E-state index >= 15 is 0 Å². The molecule has 1 saturated heterocycles. The second kappa shape index (κ2) is 8.22. The van der Waals surface area contributed by atoms with Gasteiger partial charge >= 0.3 is 0 Å². The molecule has 8 heteroatoms. The van der Waals surface area contributed by atoms with Crippen LogP contribution in [0.15, 0.2) is 47.5 Å². The van der Waals surface area contributed by atoms with Crippen LogP contribution < -0.4 is 4.90 Å². The summed E-state index contributed by atoms with van der Waals surface area (Å²) >= 11 is 3.55. The molecule has 5 heterocycles. The van der Waals surface area contributed by atoms with Crippen molar-refractivity contribution in [3.8, 4) is 0 Å². The van der Waals surface area contributed by atoms with Gasteiger partial charge in [0.2, 0.25) is 5.91 Å². The van der Waals surface area contributed by atoms with Crippen LogP contribution in [0.1, 0.15) is 21.4 Å². The summed E-state index contributed by atoms with van der Waals surface area (Å²) in [6.45, 7) is 4.75. The number of thiophene rings is 2. The third kappa shape index (κ3) is 3.80. The highest BCUT2D eigenvalue weighted by Gasteiger charge is 2.34. The number of aromatic nitrogens is 2. The number of carbonyl (C=O) groups is 1. The highest BCUT2D eigenvalue weighted by atomic mass is 32.1. The van der Waals surface area contributed by atoms with Gasteiger partial charge < -0.3 is 9.80 Å². The van der Waals surface area contributed by atoms with Gasteiger partial charge in [-0.15, -0.1) is 22.7 Å². The Balaban J connectivity index is 1.26. The Morgan fingerprint density at radius 1 is 1.07 bits per heavy atom. The maximum absolute atomic E-state index is 13.3. The Labute approximate surface area is 178 Å². The van der Waals surface area contributed by atoms with Gasteiger partial charge in [-0.05, 0) is 34.9 Å². The number of carbonyl (C=O) groups excluding carboxylic acids is 1. The lowest BCUT2D eigenvalue weighted by Crippen LogP contribution is -2.51. The Morgan fingerprint density at radius 3 is 2.72 bits per heavy atom. The SMILES string of the molecule is O=C(CN1CCN(c2cnccn2)CC1)N1CCc2sccc2[C@H]1c1cccs1. The lowest BCUT2D eigenvalue weighted by molar-refractivity contribution is -0.134. The summed E-state index contributed by atoms with van der Waals surface area (Å²) < 4.78 is 0. The van der Waals surface area contributed by atoms with Gasteiger partial charge in [0.05, 0.1) is 18.8 Å². The van der Waals surface area contributed by atoms with Crippen LogP contribution in [0, 0.1) is 0 Å². The van der Waals surface area contributed by atoms with Crippen LogP contribution in [0.25, 0.3) is 0 Å². The molecule has 0 spiro atoms. The van der Waals surface area contributed by atoms with Gasteiger partial charge in [0, 0.05) is 54.9 Å². The van der Waals surface area contributed by atoms with E-state index in [0.29, 0.717) is 6.54 Å². The molecule has 0 aliphatic carbocycles. The average Bonchev–Trinajstić information content (AvgIpc) is 3.46. The normalized spacial score (nSPS) is 19.9. The topological polar surface area (TPSA) is 52.6 Å². The third-order valence-corrected chi connectivity index (χ3v) is 7.62. The smallest absolute Gasteiger partial charge is 0.237 e. The van der Waals surface area contributed by atoms with Crippen LogP contribution in [-0.4, -0.2) is 64.9 Å². The third-order valence-electron chi connectivity index (χ3n) is 5.70. The van der Waals surface area contributed by atoms with E-state index in [1.165, 1.54) is 15.3 Å². The van der Waals surface area contributed by atoms with E-state index in [-0.39, 0.29) is 11.9 Å². The second-order valence-corrected chi connectivity index (χ2v) is 9.36. The molecule has 0 N–H and O–H groups in total. The molecular weight excluding hydrogens is 402 g/mol. The quantitative estimate of drug-likeness (QED) is 0.643. The van der Waals surface area contributed by atoms with Crippen LogP contribution >= 0.6 is 22.7 Å². The molecule has 3 aromatic heterocycles. The number of hydrogen-bond donors (Lipinski definition) is 0. The summed E-state index contributed by atoms with van der Waals surface area (Å²) in [6, 6.07) is 6.50. The fourth-order valence-corrected chi connectivity index (χ4v) is 5.97. The largest absolute Gasteiger partial charge is 0.353 e. The van der Waals surface area contributed by atoms with Crippen molar-refractivity contribution in [2.45, 2.75) is 12.5 Å². The van der Waals surface area contributed by atoms with Crippen LogP contribution in [0.2, 0.25) is 0 Å². The average molecular weight is 426 g/mol. The van der Waals surface area contributed by atoms with Crippen molar-refractivity contribution < 1.29 is 4.79 Å². The van der Waals surface area contributed by atoms with Gasteiger partial charge in [-0.25, -0.2) is 4.98 Å². The van der Waals surface area contributed by atoms with Crippen LogP contribution in [0.5, 0.6) is 0 Å². The predicted octanol–water partition coefficient (Wildman–Crippen LogP) is 2.90. The molecular formula is C21H23N5OS2. The first-order valence-corrected chi connectivity index (χ1v) is 11.7. The zero-order valence-corrected chi connectivity index (χ0v) is 17.7. The van der Waals surface area contributed by atoms with Gasteiger partial charge in [0.25, 0.3) is 0 Å². The standard InChI is InChI=1S/C21H23N5OS2/c27-20(15-24-8-10-25(11-9-24)19-14-22-5-6-23-19)26-7-3-17-16(4-13-29-17)21(26)18-2-1-12-28-18/h1-2,4-6,12-14,21H,3,7-11,15H2/t21-/m0/s1. The van der Waals surface area contributed by atoms with Crippen molar-refractivity contribution in [2.24, 2.45) is 0 Å². The van der Waals surface area contributed by atoms with Crippen LogP contribution in [-0.2, 0) is 11.2 Å². The van der Waals surface area contributed by atoms with Crippen molar-refractivity contribution in [3.05, 3.63) is 62.9 Å². The summed E-state index contributed by atoms with van der Waals surface area (Å²) in [7, 11) is 0. The maximum atomic E-state index is 13.3. The number of hydrogen-bond acceptors (Lipinski definition) is 7. The Morgan fingerprint density at radius 2 is 1.97 bits per heavy atom. The number of amides is 1. The molecule has 6 nitrogen and oxygen atoms in total. The molecule has 0 aromatic carbocycles. The first-order chi connectivity index (χ1) is 14.3. The van der Waals surface area contributed by atoms with E-state index in [1.807, 2.05) is 11.3 Å². The number of piperazine rings is 1. The molecule has 2 aliphatic rings. The second-order valence-electron chi connectivity index (χ2n) is 7.38. The summed E-state index contributed by atoms with van der Waals surface area (Å²) in [6.07, 6.45) is 6.19. The first-order valence-electron chi connectivity index (χ1n) is 9.92. The molecule has 1 amide bonds. The Hall–Kier alpha value is -2.29. The van der Waals surface area contributed by atoms with Gasteiger partial charge in [0.15, 0.2) is 0 Å². The summed E-state index contributed by atoms with van der Waals surface area (Å²) in [5.74, 6) is 1.14. The van der Waals surface area contributed by atoms with Crippen molar-refractivity contribution in [1.29, 1.82) is 0 Å². The minimum Gasteiger partial charge on any atom is -0.353 e. The fourth-order valence-electron chi connectivity index (χ4n) is 4.21. The molecule has 29 heavy (non-hydrogen) atoms. The minimum absolute atomic E-state index is 0.0679. The molecule has 0 bridgehead atoms. The predicted molar refractivity (Wildman–Crippen MR) is 117 cm³/mol. The minimum atomic E-state index is 0.0679. The highest BCUT2D eigenvalue weighted by Crippen LogP contribution is 2.39. The van der Waals surface area contributed by atoms with Crippen molar-refractivity contribution >= 4 is 34.4 Å². The summed E-state index contributed by atoms with van der Waals surface area (Å²) in [5, 5.41) is 4.26. The van der Waals surface area contributed by atoms with E-state index in [0.717, 1.165) is 45.0 Å². The van der Waals surface area contributed by atoms with E-state index in [2.05, 4.69) is 53.6 Å². The molecule has 1 atom stereocenters. The van der Waals surface area contributed by atoms with E-state index in [1.54, 1.807) is 29.9 Å². The summed E-state index contributed by atoms with van der Waals surface area (Å²) in [4.78, 5) is 31.1. The molecule has 5 rings (SSSR count). The summed E-state index contributed by atoms with van der Waals surface area (Å²) in [5.41, 5.74) is 1.31. The van der Waals surface area contributed by atoms with Crippen LogP contribution in [0.3, 0.4) is 0 Å². The van der Waals surface area contributed by atoms with Crippen LogP contribution in [0.4, 0.5) is 5.82 Å². The molecule has 150 valence electrons. The highest BCUT2D eigenvalue weighted by molar-refractivity contribution is 7.10. The number of anilines is 1. The first kappa shape index (κ1) is 18.7. The zero-order chi connectivity index (χ0) is 19.6. The van der Waals surface area contributed by atoms with E-state index in [4.69, 9.17) is 0 Å². The molecule has 0 radical (unpaired) electrons. The van der Waals surface area contributed by atoms with Crippen molar-refractivity contribution in [2.75, 3.05) is 44.2 Å². The number of rotatable bonds is 4. The van der Waals surface area contributed by atoms with Crippen molar-refractivity contribution in [1.82, 2.24) is 19.8 Å². The van der Waals surface area contributed by atoms with E-state index in [9.17, 15) is 4.79 Å². The Kier molecular flexibility index (Phi) is 5.30. The monoisotopic (exact) mass is 425 g/mol. The molecule has 0 saturated carbocycles. The van der Waals surface area contributed by atoms with Crippen molar-refractivity contribution in [3.63, 3.8) is 0 Å². The zero-order valence-electron chi connectivity index (χ0n) is 16.1. The molecule has 2 aliphatic heterocycles. The van der Waals surface area contributed by atoms with Gasteiger partial charge in [-0.3, -0.25) is 14.7 Å². The Bertz CT molecular complexity index is 951. The van der Waals surface area contributed by atoms with Gasteiger partial charge in [-0.1, -0.05) is 6.07 Å². The lowest BCUT2D eigenvalue weighted by Gasteiger charge is -2.39. The molecule has 3 aromatic rings. The number of nitrogens with zero attached hydrogens (tertiary/aromatic N) is 5. The van der Waals surface area contributed by atoms with Gasteiger partial charge in [0.1, 0.15) is 5.82 Å². The fraction of sp³-hybridized carbons (Fsp3) is 0.381.